The fourth-order valence-corrected chi connectivity index (χ4v) is 2.38. The maximum absolute atomic E-state index is 12.0. The molecule has 2 fully saturated rings. The van der Waals surface area contributed by atoms with Crippen molar-refractivity contribution in [2.45, 2.75) is 37.9 Å². The van der Waals surface area contributed by atoms with Crippen LogP contribution in [0.2, 0.25) is 0 Å². The van der Waals surface area contributed by atoms with Crippen molar-refractivity contribution in [1.82, 2.24) is 15.5 Å². The van der Waals surface area contributed by atoms with E-state index in [4.69, 9.17) is 0 Å². The number of likely N-dealkylation sites (tertiary alicyclic amines) is 1. The molecule has 15 heavy (non-hydrogen) atoms. The van der Waals surface area contributed by atoms with Gasteiger partial charge in [-0.15, -0.1) is 0 Å². The van der Waals surface area contributed by atoms with Gasteiger partial charge in [-0.3, -0.25) is 9.59 Å². The Hall–Kier alpha value is -1.10. The van der Waals surface area contributed by atoms with E-state index < -0.39 is 0 Å². The molecule has 2 N–H and O–H groups in total. The fourth-order valence-electron chi connectivity index (χ4n) is 2.38. The van der Waals surface area contributed by atoms with E-state index in [-0.39, 0.29) is 18.1 Å². The summed E-state index contributed by atoms with van der Waals surface area (Å²) < 4.78 is 0. The monoisotopic (exact) mass is 211 g/mol. The molecule has 2 saturated heterocycles. The van der Waals surface area contributed by atoms with Crippen molar-refractivity contribution in [1.29, 1.82) is 0 Å². The lowest BCUT2D eigenvalue weighted by Gasteiger charge is -2.26. The van der Waals surface area contributed by atoms with Crippen LogP contribution in [0.15, 0.2) is 0 Å². The second-order valence-corrected chi connectivity index (χ2v) is 4.12. The molecule has 0 radical (unpaired) electrons. The Morgan fingerprint density at radius 2 is 2.27 bits per heavy atom. The molecule has 0 spiro atoms. The summed E-state index contributed by atoms with van der Waals surface area (Å²) in [7, 11) is 0. The molecule has 2 amide bonds. The third kappa shape index (κ3) is 2.12. The Kier molecular flexibility index (Phi) is 3.20. The smallest absolute Gasteiger partial charge is 0.241 e. The van der Waals surface area contributed by atoms with Crippen LogP contribution in [0.3, 0.4) is 0 Å². The minimum Gasteiger partial charge on any atom is -0.338 e. The molecule has 2 rings (SSSR count). The van der Waals surface area contributed by atoms with Gasteiger partial charge in [0.05, 0.1) is 6.04 Å². The zero-order valence-corrected chi connectivity index (χ0v) is 8.74. The molecule has 2 aliphatic rings. The molecule has 0 aromatic heterocycles. The van der Waals surface area contributed by atoms with Crippen LogP contribution in [-0.2, 0) is 9.59 Å². The first-order valence-electron chi connectivity index (χ1n) is 5.56. The molecule has 2 atom stereocenters. The van der Waals surface area contributed by atoms with Gasteiger partial charge in [0, 0.05) is 6.54 Å². The summed E-state index contributed by atoms with van der Waals surface area (Å²) in [5.41, 5.74) is 0. The van der Waals surface area contributed by atoms with Crippen molar-refractivity contribution in [3.05, 3.63) is 0 Å². The summed E-state index contributed by atoms with van der Waals surface area (Å²) in [5.74, 6) is 0.143. The highest BCUT2D eigenvalue weighted by atomic mass is 16.2. The second kappa shape index (κ2) is 4.61. The molecular formula is C10H17N3O2. The van der Waals surface area contributed by atoms with E-state index in [9.17, 15) is 9.59 Å². The summed E-state index contributed by atoms with van der Waals surface area (Å²) in [5, 5.41) is 5.88. The zero-order valence-electron chi connectivity index (χ0n) is 8.74. The number of amides is 2. The van der Waals surface area contributed by atoms with E-state index in [1.165, 1.54) is 0 Å². The zero-order chi connectivity index (χ0) is 10.7. The van der Waals surface area contributed by atoms with Crippen LogP contribution in [0.5, 0.6) is 0 Å². The molecule has 0 aliphatic carbocycles. The molecule has 2 aliphatic heterocycles. The minimum absolute atomic E-state index is 0.0287. The number of nitrogens with one attached hydrogen (secondary N) is 2. The third-order valence-corrected chi connectivity index (χ3v) is 3.15. The van der Waals surface area contributed by atoms with Crippen LogP contribution in [0.25, 0.3) is 0 Å². The van der Waals surface area contributed by atoms with Crippen molar-refractivity contribution < 1.29 is 9.59 Å². The highest BCUT2D eigenvalue weighted by molar-refractivity contribution is 5.82. The summed E-state index contributed by atoms with van der Waals surface area (Å²) in [6, 6.07) is -0.0287. The Labute approximate surface area is 89.2 Å². The van der Waals surface area contributed by atoms with Gasteiger partial charge in [0.2, 0.25) is 12.3 Å². The maximum Gasteiger partial charge on any atom is 0.241 e. The summed E-state index contributed by atoms with van der Waals surface area (Å²) in [6.45, 7) is 1.69. The highest BCUT2D eigenvalue weighted by Crippen LogP contribution is 2.18. The SMILES string of the molecule is O=CNC1CCCN1C(=O)[C@@H]1CCCN1. The Morgan fingerprint density at radius 3 is 2.93 bits per heavy atom. The van der Waals surface area contributed by atoms with Crippen molar-refractivity contribution in [2.75, 3.05) is 13.1 Å². The van der Waals surface area contributed by atoms with Crippen molar-refractivity contribution in [3.63, 3.8) is 0 Å². The van der Waals surface area contributed by atoms with Gasteiger partial charge in [-0.1, -0.05) is 0 Å². The van der Waals surface area contributed by atoms with E-state index >= 15 is 0 Å². The standard InChI is InChI=1S/C10H17N3O2/c14-7-12-9-4-2-6-13(9)10(15)8-3-1-5-11-8/h7-9,11H,1-6H2,(H,12,14)/t8-,9?/m0/s1. The summed E-state index contributed by atoms with van der Waals surface area (Å²) in [4.78, 5) is 24.2. The van der Waals surface area contributed by atoms with Gasteiger partial charge in [-0.25, -0.2) is 0 Å². The molecule has 0 saturated carbocycles. The Morgan fingerprint density at radius 1 is 1.40 bits per heavy atom. The van der Waals surface area contributed by atoms with Crippen LogP contribution < -0.4 is 10.6 Å². The number of hydrogen-bond donors (Lipinski definition) is 2. The van der Waals surface area contributed by atoms with Crippen LogP contribution in [-0.4, -0.2) is 42.5 Å². The summed E-state index contributed by atoms with van der Waals surface area (Å²) >= 11 is 0. The molecule has 0 aromatic carbocycles. The van der Waals surface area contributed by atoms with Crippen LogP contribution in [0.1, 0.15) is 25.7 Å². The second-order valence-electron chi connectivity index (χ2n) is 4.12. The van der Waals surface area contributed by atoms with E-state index in [0.717, 1.165) is 38.8 Å². The van der Waals surface area contributed by atoms with Gasteiger partial charge in [-0.2, -0.15) is 0 Å². The predicted octanol–water partition coefficient (Wildman–Crippen LogP) is -0.567. The Balaban J connectivity index is 1.95. The van der Waals surface area contributed by atoms with E-state index in [1.54, 1.807) is 4.90 Å². The largest absolute Gasteiger partial charge is 0.338 e. The van der Waals surface area contributed by atoms with E-state index in [1.807, 2.05) is 0 Å². The van der Waals surface area contributed by atoms with Gasteiger partial charge >= 0.3 is 0 Å². The van der Waals surface area contributed by atoms with Crippen LogP contribution in [0, 0.1) is 0 Å². The maximum atomic E-state index is 12.0. The average Bonchev–Trinajstić information content (AvgIpc) is 2.87. The fraction of sp³-hybridized carbons (Fsp3) is 0.800. The first-order chi connectivity index (χ1) is 7.33. The van der Waals surface area contributed by atoms with Gasteiger partial charge in [0.1, 0.15) is 6.17 Å². The van der Waals surface area contributed by atoms with Crippen molar-refractivity contribution in [2.24, 2.45) is 0 Å². The van der Waals surface area contributed by atoms with Crippen molar-refractivity contribution in [3.8, 4) is 0 Å². The topological polar surface area (TPSA) is 61.4 Å². The molecule has 5 nitrogen and oxygen atoms in total. The lowest BCUT2D eigenvalue weighted by atomic mass is 10.2. The number of rotatable bonds is 3. The van der Waals surface area contributed by atoms with Crippen LogP contribution in [0.4, 0.5) is 0 Å². The molecule has 0 bridgehead atoms. The molecule has 84 valence electrons. The first-order valence-corrected chi connectivity index (χ1v) is 5.56. The van der Waals surface area contributed by atoms with Gasteiger partial charge < -0.3 is 15.5 Å². The number of carbonyl (C=O) groups is 2. The predicted molar refractivity (Wildman–Crippen MR) is 55.0 cm³/mol. The van der Waals surface area contributed by atoms with Gasteiger partial charge in [-0.05, 0) is 32.2 Å². The number of hydrogen-bond acceptors (Lipinski definition) is 3. The van der Waals surface area contributed by atoms with Crippen LogP contribution >= 0.6 is 0 Å². The van der Waals surface area contributed by atoms with E-state index in [0.29, 0.717) is 6.41 Å². The lowest BCUT2D eigenvalue weighted by Crippen LogP contribution is -2.50. The molecule has 5 heteroatoms. The van der Waals surface area contributed by atoms with Gasteiger partial charge in [0.25, 0.3) is 0 Å². The normalized spacial score (nSPS) is 30.5. The Bertz CT molecular complexity index is 251. The summed E-state index contributed by atoms with van der Waals surface area (Å²) in [6.07, 6.45) is 4.43. The molecule has 2 heterocycles. The minimum atomic E-state index is -0.0857. The molecule has 0 aromatic rings. The first kappa shape index (κ1) is 10.4. The molecule has 1 unspecified atom stereocenters. The third-order valence-electron chi connectivity index (χ3n) is 3.15. The average molecular weight is 211 g/mol. The highest BCUT2D eigenvalue weighted by Gasteiger charge is 2.33. The molecular weight excluding hydrogens is 194 g/mol. The number of carbonyl (C=O) groups excluding carboxylic acids is 2. The van der Waals surface area contributed by atoms with Crippen molar-refractivity contribution >= 4 is 12.3 Å². The van der Waals surface area contributed by atoms with E-state index in [2.05, 4.69) is 10.6 Å². The lowest BCUT2D eigenvalue weighted by molar-refractivity contribution is -0.134. The quantitative estimate of drug-likeness (QED) is 0.615. The number of nitrogens with zero attached hydrogens (tertiary/aromatic N) is 1. The van der Waals surface area contributed by atoms with Gasteiger partial charge in [0.15, 0.2) is 0 Å².